The summed E-state index contributed by atoms with van der Waals surface area (Å²) in [6.07, 6.45) is 1.93. The Morgan fingerprint density at radius 1 is 1.14 bits per heavy atom. The maximum atomic E-state index is 13.1. The van der Waals surface area contributed by atoms with Gasteiger partial charge in [-0.1, -0.05) is 29.8 Å². The van der Waals surface area contributed by atoms with Crippen LogP contribution in [0, 0.1) is 6.92 Å². The van der Waals surface area contributed by atoms with Gasteiger partial charge in [-0.2, -0.15) is 4.31 Å². The highest BCUT2D eigenvalue weighted by Crippen LogP contribution is 2.27. The van der Waals surface area contributed by atoms with E-state index in [9.17, 15) is 13.2 Å². The Morgan fingerprint density at radius 2 is 1.86 bits per heavy atom. The highest BCUT2D eigenvalue weighted by molar-refractivity contribution is 7.89. The number of hydrogen-bond donors (Lipinski definition) is 0. The van der Waals surface area contributed by atoms with Crippen LogP contribution in [0.4, 0.5) is 0 Å². The molecular formula is C21H26N2O4S. The third kappa shape index (κ3) is 4.20. The van der Waals surface area contributed by atoms with E-state index in [-0.39, 0.29) is 22.9 Å². The molecule has 0 bridgehead atoms. The molecule has 0 saturated carbocycles. The van der Waals surface area contributed by atoms with Crippen molar-refractivity contribution >= 4 is 15.9 Å². The maximum Gasteiger partial charge on any atom is 0.257 e. The first-order valence-electron chi connectivity index (χ1n) is 9.32. The lowest BCUT2D eigenvalue weighted by atomic mass is 10.1. The van der Waals surface area contributed by atoms with E-state index >= 15 is 0 Å². The summed E-state index contributed by atoms with van der Waals surface area (Å²) in [4.78, 5) is 14.7. The summed E-state index contributed by atoms with van der Waals surface area (Å²) >= 11 is 0. The van der Waals surface area contributed by atoms with Gasteiger partial charge in [-0.05, 0) is 43.5 Å². The van der Waals surface area contributed by atoms with Crippen LogP contribution in [0.15, 0.2) is 47.4 Å². The van der Waals surface area contributed by atoms with Crippen LogP contribution in [0.25, 0.3) is 0 Å². The molecule has 0 spiro atoms. The van der Waals surface area contributed by atoms with E-state index in [1.807, 2.05) is 31.2 Å². The lowest BCUT2D eigenvalue weighted by molar-refractivity contribution is 0.0789. The Bertz CT molecular complexity index is 966. The highest BCUT2D eigenvalue weighted by Gasteiger charge is 2.27. The Balaban J connectivity index is 1.90. The second-order valence-corrected chi connectivity index (χ2v) is 9.16. The molecule has 0 atom stereocenters. The fourth-order valence-corrected chi connectivity index (χ4v) is 4.62. The van der Waals surface area contributed by atoms with Crippen molar-refractivity contribution in [2.24, 2.45) is 0 Å². The van der Waals surface area contributed by atoms with Crippen molar-refractivity contribution in [1.29, 1.82) is 0 Å². The summed E-state index contributed by atoms with van der Waals surface area (Å²) in [6, 6.07) is 12.2. The third-order valence-corrected chi connectivity index (χ3v) is 6.79. The average molecular weight is 403 g/mol. The number of sulfonamides is 1. The van der Waals surface area contributed by atoms with E-state index < -0.39 is 10.0 Å². The van der Waals surface area contributed by atoms with Crippen molar-refractivity contribution in [1.82, 2.24) is 9.21 Å². The quantitative estimate of drug-likeness (QED) is 0.745. The number of carbonyl (C=O) groups excluding carboxylic acids is 1. The van der Waals surface area contributed by atoms with Gasteiger partial charge in [-0.15, -0.1) is 0 Å². The molecule has 1 fully saturated rings. The molecule has 2 aromatic rings. The maximum absolute atomic E-state index is 13.1. The zero-order valence-corrected chi connectivity index (χ0v) is 17.3. The summed E-state index contributed by atoms with van der Waals surface area (Å²) in [5.74, 6) is 0.199. The van der Waals surface area contributed by atoms with Crippen LogP contribution in [0.3, 0.4) is 0 Å². The number of likely N-dealkylation sites (tertiary alicyclic amines) is 1. The molecule has 0 N–H and O–H groups in total. The van der Waals surface area contributed by atoms with E-state index in [4.69, 9.17) is 4.74 Å². The normalized spacial score (nSPS) is 14.5. The van der Waals surface area contributed by atoms with Crippen LogP contribution in [0.5, 0.6) is 5.75 Å². The van der Waals surface area contributed by atoms with Crippen LogP contribution in [0.1, 0.15) is 34.3 Å². The zero-order valence-electron chi connectivity index (χ0n) is 16.5. The van der Waals surface area contributed by atoms with Crippen LogP contribution in [-0.4, -0.2) is 50.8 Å². The first kappa shape index (κ1) is 20.4. The van der Waals surface area contributed by atoms with Gasteiger partial charge < -0.3 is 9.64 Å². The van der Waals surface area contributed by atoms with Crippen molar-refractivity contribution in [3.63, 3.8) is 0 Å². The van der Waals surface area contributed by atoms with Gasteiger partial charge in [0, 0.05) is 26.7 Å². The minimum absolute atomic E-state index is 0.0889. The first-order chi connectivity index (χ1) is 13.3. The van der Waals surface area contributed by atoms with E-state index in [0.29, 0.717) is 18.8 Å². The third-order valence-electron chi connectivity index (χ3n) is 4.99. The smallest absolute Gasteiger partial charge is 0.257 e. The number of rotatable bonds is 6. The molecule has 0 unspecified atom stereocenters. The van der Waals surface area contributed by atoms with E-state index in [0.717, 1.165) is 24.0 Å². The molecule has 7 heteroatoms. The van der Waals surface area contributed by atoms with Gasteiger partial charge in [0.25, 0.3) is 5.91 Å². The molecule has 1 aliphatic heterocycles. The summed E-state index contributed by atoms with van der Waals surface area (Å²) < 4.78 is 32.8. The molecule has 28 heavy (non-hydrogen) atoms. The Morgan fingerprint density at radius 3 is 2.50 bits per heavy atom. The van der Waals surface area contributed by atoms with Gasteiger partial charge in [0.05, 0.1) is 17.6 Å². The van der Waals surface area contributed by atoms with E-state index in [2.05, 4.69) is 0 Å². The monoisotopic (exact) mass is 402 g/mol. The standard InChI is InChI=1S/C21H26N2O4S/c1-16-7-6-8-17(13-16)15-22(2)28(25,26)18-9-10-20(27-3)19(14-18)21(24)23-11-4-5-12-23/h6-10,13-14H,4-5,11-12,15H2,1-3H3. The zero-order chi connectivity index (χ0) is 20.3. The predicted octanol–water partition coefficient (Wildman–Crippen LogP) is 3.06. The summed E-state index contributed by atoms with van der Waals surface area (Å²) in [6.45, 7) is 3.60. The van der Waals surface area contributed by atoms with Gasteiger partial charge >= 0.3 is 0 Å². The van der Waals surface area contributed by atoms with Crippen LogP contribution in [0.2, 0.25) is 0 Å². The van der Waals surface area contributed by atoms with Gasteiger partial charge in [0.1, 0.15) is 5.75 Å². The van der Waals surface area contributed by atoms with Crippen LogP contribution >= 0.6 is 0 Å². The minimum Gasteiger partial charge on any atom is -0.496 e. The first-order valence-corrected chi connectivity index (χ1v) is 10.8. The van der Waals surface area contributed by atoms with Crippen molar-refractivity contribution in [2.75, 3.05) is 27.2 Å². The molecule has 0 aliphatic carbocycles. The fourth-order valence-electron chi connectivity index (χ4n) is 3.44. The molecule has 1 aliphatic rings. The Hall–Kier alpha value is -2.38. The van der Waals surface area contributed by atoms with Crippen LogP contribution < -0.4 is 4.74 Å². The second-order valence-electron chi connectivity index (χ2n) is 7.11. The summed E-state index contributed by atoms with van der Waals surface area (Å²) in [5, 5.41) is 0. The molecule has 1 heterocycles. The topological polar surface area (TPSA) is 66.9 Å². The summed E-state index contributed by atoms with van der Waals surface area (Å²) in [7, 11) is -0.722. The van der Waals surface area contributed by atoms with Crippen molar-refractivity contribution < 1.29 is 17.9 Å². The minimum atomic E-state index is -3.75. The van der Waals surface area contributed by atoms with Crippen LogP contribution in [-0.2, 0) is 16.6 Å². The lowest BCUT2D eigenvalue weighted by Crippen LogP contribution is -2.29. The van der Waals surface area contributed by atoms with Crippen molar-refractivity contribution in [3.8, 4) is 5.75 Å². The average Bonchev–Trinajstić information content (AvgIpc) is 3.21. The van der Waals surface area contributed by atoms with Gasteiger partial charge in [-0.25, -0.2) is 8.42 Å². The molecule has 1 saturated heterocycles. The second kappa shape index (κ2) is 8.32. The van der Waals surface area contributed by atoms with Gasteiger partial charge in [-0.3, -0.25) is 4.79 Å². The number of nitrogens with zero attached hydrogens (tertiary/aromatic N) is 2. The van der Waals surface area contributed by atoms with Crippen molar-refractivity contribution in [2.45, 2.75) is 31.2 Å². The number of aryl methyl sites for hydroxylation is 1. The lowest BCUT2D eigenvalue weighted by Gasteiger charge is -2.20. The molecule has 1 amide bonds. The molecular weight excluding hydrogens is 376 g/mol. The molecule has 6 nitrogen and oxygen atoms in total. The Labute approximate surface area is 166 Å². The number of benzene rings is 2. The predicted molar refractivity (Wildman–Crippen MR) is 108 cm³/mol. The van der Waals surface area contributed by atoms with Gasteiger partial charge in [0.15, 0.2) is 0 Å². The van der Waals surface area contributed by atoms with Crippen molar-refractivity contribution in [3.05, 3.63) is 59.2 Å². The van der Waals surface area contributed by atoms with Gasteiger partial charge in [0.2, 0.25) is 10.0 Å². The van der Waals surface area contributed by atoms with E-state index in [1.54, 1.807) is 18.0 Å². The number of ether oxygens (including phenoxy) is 1. The molecule has 3 rings (SSSR count). The van der Waals surface area contributed by atoms with E-state index in [1.165, 1.54) is 23.5 Å². The number of carbonyl (C=O) groups is 1. The highest BCUT2D eigenvalue weighted by atomic mass is 32.2. The Kier molecular flexibility index (Phi) is 6.05. The number of methoxy groups -OCH3 is 1. The fraction of sp³-hybridized carbons (Fsp3) is 0.381. The molecule has 0 aromatic heterocycles. The number of hydrogen-bond acceptors (Lipinski definition) is 4. The largest absolute Gasteiger partial charge is 0.496 e. The molecule has 0 radical (unpaired) electrons. The number of amides is 1. The summed E-state index contributed by atoms with van der Waals surface area (Å²) in [5.41, 5.74) is 2.27. The molecule has 150 valence electrons. The molecule has 2 aromatic carbocycles. The SMILES string of the molecule is COc1ccc(S(=O)(=O)N(C)Cc2cccc(C)c2)cc1C(=O)N1CCCC1.